The van der Waals surface area contributed by atoms with E-state index in [-0.39, 0.29) is 17.6 Å². The second-order valence-corrected chi connectivity index (χ2v) is 8.31. The molecule has 2 aromatic carbocycles. The molecule has 0 spiro atoms. The van der Waals surface area contributed by atoms with E-state index in [0.29, 0.717) is 31.5 Å². The van der Waals surface area contributed by atoms with Crippen molar-refractivity contribution < 1.29 is 14.0 Å². The molecule has 0 bridgehead atoms. The number of amides is 2. The van der Waals surface area contributed by atoms with Gasteiger partial charge in [-0.1, -0.05) is 36.4 Å². The van der Waals surface area contributed by atoms with Crippen LogP contribution in [0.2, 0.25) is 0 Å². The molecular formula is C26H26FN3O2. The maximum atomic E-state index is 13.7. The van der Waals surface area contributed by atoms with Crippen molar-refractivity contribution >= 4 is 11.8 Å². The van der Waals surface area contributed by atoms with Crippen LogP contribution in [0.1, 0.15) is 28.8 Å². The number of halogens is 1. The molecular weight excluding hydrogens is 405 g/mol. The Kier molecular flexibility index (Phi) is 6.30. The van der Waals surface area contributed by atoms with Crippen LogP contribution in [0.15, 0.2) is 73.1 Å². The summed E-state index contributed by atoms with van der Waals surface area (Å²) in [5.74, 6) is -0.443. The summed E-state index contributed by atoms with van der Waals surface area (Å²) in [6, 6.07) is 17.7. The van der Waals surface area contributed by atoms with Crippen molar-refractivity contribution in [2.45, 2.75) is 19.3 Å². The van der Waals surface area contributed by atoms with Gasteiger partial charge in [0.1, 0.15) is 5.82 Å². The lowest BCUT2D eigenvalue weighted by atomic mass is 9.74. The van der Waals surface area contributed by atoms with Crippen molar-refractivity contribution in [2.75, 3.05) is 20.1 Å². The minimum atomic E-state index is -0.726. The highest BCUT2D eigenvalue weighted by Crippen LogP contribution is 2.35. The summed E-state index contributed by atoms with van der Waals surface area (Å²) < 4.78 is 13.7. The average Bonchev–Trinajstić information content (AvgIpc) is 2.84. The third-order valence-electron chi connectivity index (χ3n) is 6.13. The van der Waals surface area contributed by atoms with Gasteiger partial charge in [-0.2, -0.15) is 0 Å². The van der Waals surface area contributed by atoms with Crippen molar-refractivity contribution in [3.05, 3.63) is 90.0 Å². The lowest BCUT2D eigenvalue weighted by Crippen LogP contribution is -2.54. The number of hydrogen-bond donors (Lipinski definition) is 1. The maximum absolute atomic E-state index is 13.7. The maximum Gasteiger partial charge on any atom is 0.253 e. The van der Waals surface area contributed by atoms with Crippen LogP contribution in [-0.2, 0) is 11.2 Å². The summed E-state index contributed by atoms with van der Waals surface area (Å²) >= 11 is 0. The number of likely N-dealkylation sites (tertiary alicyclic amines) is 1. The summed E-state index contributed by atoms with van der Waals surface area (Å²) in [5, 5.41) is 2.81. The van der Waals surface area contributed by atoms with Crippen LogP contribution in [-0.4, -0.2) is 41.8 Å². The highest BCUT2D eigenvalue weighted by atomic mass is 19.1. The molecule has 0 unspecified atom stereocenters. The molecule has 1 aliphatic heterocycles. The number of benzene rings is 2. The number of pyridine rings is 1. The van der Waals surface area contributed by atoms with Crippen LogP contribution in [0.5, 0.6) is 0 Å². The first-order valence-electron chi connectivity index (χ1n) is 10.8. The fourth-order valence-corrected chi connectivity index (χ4v) is 4.58. The summed E-state index contributed by atoms with van der Waals surface area (Å²) in [4.78, 5) is 31.9. The number of aromatic nitrogens is 1. The van der Waals surface area contributed by atoms with Crippen molar-refractivity contribution in [3.63, 3.8) is 0 Å². The molecule has 164 valence electrons. The molecule has 1 N–H and O–H groups in total. The molecule has 1 fully saturated rings. The molecule has 1 aromatic heterocycles. The Morgan fingerprint density at radius 2 is 1.78 bits per heavy atom. The summed E-state index contributed by atoms with van der Waals surface area (Å²) in [5.41, 5.74) is 2.51. The zero-order chi connectivity index (χ0) is 22.6. The number of rotatable bonds is 5. The zero-order valence-corrected chi connectivity index (χ0v) is 18.1. The average molecular weight is 432 g/mol. The Morgan fingerprint density at radius 3 is 2.50 bits per heavy atom. The van der Waals surface area contributed by atoms with E-state index in [0.717, 1.165) is 23.1 Å². The van der Waals surface area contributed by atoms with Gasteiger partial charge in [-0.25, -0.2) is 4.39 Å². The molecule has 4 rings (SSSR count). The van der Waals surface area contributed by atoms with E-state index < -0.39 is 5.41 Å². The standard InChI is InChI=1S/C26H26FN3O2/c1-28-25(32)26(11-4-14-30(18-26)24(31)20-9-12-29-13-10-20)17-19-5-2-6-21(15-19)22-7-3-8-23(27)16-22/h2-3,5-10,12-13,15-16H,4,11,14,17-18H2,1H3,(H,28,32)/t26-/m1/s1. The van der Waals surface area contributed by atoms with E-state index in [2.05, 4.69) is 10.3 Å². The fraction of sp³-hybridized carbons (Fsp3) is 0.269. The second kappa shape index (κ2) is 9.30. The van der Waals surface area contributed by atoms with Crippen molar-refractivity contribution in [3.8, 4) is 11.1 Å². The first-order valence-corrected chi connectivity index (χ1v) is 10.8. The quantitative estimate of drug-likeness (QED) is 0.662. The molecule has 0 saturated carbocycles. The second-order valence-electron chi connectivity index (χ2n) is 8.31. The molecule has 2 amide bonds. The molecule has 3 aromatic rings. The van der Waals surface area contributed by atoms with E-state index >= 15 is 0 Å². The Hall–Kier alpha value is -3.54. The first-order chi connectivity index (χ1) is 15.5. The van der Waals surface area contributed by atoms with Gasteiger partial charge in [-0.3, -0.25) is 14.6 Å². The minimum Gasteiger partial charge on any atom is -0.359 e. The van der Waals surface area contributed by atoms with Crippen molar-refractivity contribution in [2.24, 2.45) is 5.41 Å². The van der Waals surface area contributed by atoms with E-state index in [4.69, 9.17) is 0 Å². The fourth-order valence-electron chi connectivity index (χ4n) is 4.58. The third-order valence-corrected chi connectivity index (χ3v) is 6.13. The number of nitrogens with one attached hydrogen (secondary N) is 1. The Morgan fingerprint density at radius 1 is 1.06 bits per heavy atom. The van der Waals surface area contributed by atoms with Gasteiger partial charge >= 0.3 is 0 Å². The number of carbonyl (C=O) groups excluding carboxylic acids is 2. The molecule has 32 heavy (non-hydrogen) atoms. The summed E-state index contributed by atoms with van der Waals surface area (Å²) in [6.07, 6.45) is 5.13. The van der Waals surface area contributed by atoms with Gasteiger partial charge < -0.3 is 10.2 Å². The number of hydrogen-bond acceptors (Lipinski definition) is 3. The van der Waals surface area contributed by atoms with Crippen LogP contribution in [0.3, 0.4) is 0 Å². The highest BCUT2D eigenvalue weighted by Gasteiger charge is 2.43. The normalized spacial score (nSPS) is 18.2. The van der Waals surface area contributed by atoms with Crippen LogP contribution in [0, 0.1) is 11.2 Å². The van der Waals surface area contributed by atoms with Crippen LogP contribution < -0.4 is 5.32 Å². The summed E-state index contributed by atoms with van der Waals surface area (Å²) in [7, 11) is 1.64. The van der Waals surface area contributed by atoms with Gasteiger partial charge in [0.05, 0.1) is 5.41 Å². The molecule has 2 heterocycles. The molecule has 0 radical (unpaired) electrons. The lowest BCUT2D eigenvalue weighted by Gasteiger charge is -2.41. The van der Waals surface area contributed by atoms with Crippen LogP contribution in [0.25, 0.3) is 11.1 Å². The van der Waals surface area contributed by atoms with E-state index in [1.54, 1.807) is 42.5 Å². The van der Waals surface area contributed by atoms with Gasteiger partial charge in [0, 0.05) is 38.1 Å². The largest absolute Gasteiger partial charge is 0.359 e. The Labute approximate surface area is 187 Å². The van der Waals surface area contributed by atoms with Gasteiger partial charge in [0.25, 0.3) is 5.91 Å². The number of piperidine rings is 1. The molecule has 5 nitrogen and oxygen atoms in total. The molecule has 1 atom stereocenters. The predicted octanol–water partition coefficient (Wildman–Crippen LogP) is 4.10. The highest BCUT2D eigenvalue weighted by molar-refractivity contribution is 5.95. The Bertz CT molecular complexity index is 1120. The summed E-state index contributed by atoms with van der Waals surface area (Å²) in [6.45, 7) is 0.960. The Balaban J connectivity index is 1.62. The smallest absolute Gasteiger partial charge is 0.253 e. The van der Waals surface area contributed by atoms with Crippen molar-refractivity contribution in [1.82, 2.24) is 15.2 Å². The monoisotopic (exact) mass is 431 g/mol. The van der Waals surface area contributed by atoms with Gasteiger partial charge in [0.2, 0.25) is 5.91 Å². The number of nitrogens with zero attached hydrogens (tertiary/aromatic N) is 2. The topological polar surface area (TPSA) is 62.3 Å². The lowest BCUT2D eigenvalue weighted by molar-refractivity contribution is -0.133. The van der Waals surface area contributed by atoms with Crippen LogP contribution >= 0.6 is 0 Å². The van der Waals surface area contributed by atoms with E-state index in [1.807, 2.05) is 30.3 Å². The zero-order valence-electron chi connectivity index (χ0n) is 18.1. The van der Waals surface area contributed by atoms with E-state index in [1.165, 1.54) is 12.1 Å². The molecule has 1 saturated heterocycles. The molecule has 6 heteroatoms. The minimum absolute atomic E-state index is 0.0686. The van der Waals surface area contributed by atoms with Gasteiger partial charge in [-0.15, -0.1) is 0 Å². The van der Waals surface area contributed by atoms with E-state index in [9.17, 15) is 14.0 Å². The third kappa shape index (κ3) is 4.54. The van der Waals surface area contributed by atoms with Gasteiger partial charge in [0.15, 0.2) is 0 Å². The van der Waals surface area contributed by atoms with Crippen molar-refractivity contribution in [1.29, 1.82) is 0 Å². The first kappa shape index (κ1) is 21.7. The SMILES string of the molecule is CNC(=O)[C@@]1(Cc2cccc(-c3cccc(F)c3)c2)CCCN(C(=O)c2ccncc2)C1. The van der Waals surface area contributed by atoms with Gasteiger partial charge in [-0.05, 0) is 60.2 Å². The van der Waals surface area contributed by atoms with Crippen LogP contribution in [0.4, 0.5) is 4.39 Å². The molecule has 1 aliphatic rings. The predicted molar refractivity (Wildman–Crippen MR) is 121 cm³/mol. The molecule has 0 aliphatic carbocycles. The number of carbonyl (C=O) groups is 2.